The Kier molecular flexibility index (Phi) is 5.88. The van der Waals surface area contributed by atoms with E-state index >= 15 is 0 Å². The Morgan fingerprint density at radius 2 is 2.03 bits per heavy atom. The van der Waals surface area contributed by atoms with Crippen molar-refractivity contribution in [2.75, 3.05) is 17.3 Å². The normalized spacial score (nSPS) is 18.4. The molecule has 1 fully saturated rings. The highest BCUT2D eigenvalue weighted by molar-refractivity contribution is 7.80. The maximum Gasteiger partial charge on any atom is 0.229 e. The number of furan rings is 1. The first-order valence-electron chi connectivity index (χ1n) is 10.3. The van der Waals surface area contributed by atoms with Crippen LogP contribution in [0.15, 0.2) is 65.4 Å². The van der Waals surface area contributed by atoms with E-state index in [-0.39, 0.29) is 18.0 Å². The highest BCUT2D eigenvalue weighted by atomic mass is 32.1. The monoisotopic (exact) mass is 450 g/mol. The second-order valence-electron chi connectivity index (χ2n) is 8.60. The predicted octanol–water partition coefficient (Wildman–Crippen LogP) is 4.84. The standard InChI is InChI=1S/C24H26N4O3S/c1-24(2,3)22(29)26-16-11-10-15(14-19(16)30-4)28-21(18-9-7-13-31-18)20(27-23(28)32)17-8-5-6-12-25-17/h5-14,20-21H,1-4H3,(H,26,29)(H,27,32)/t20-,21-/m0/s1. The summed E-state index contributed by atoms with van der Waals surface area (Å²) in [7, 11) is 1.58. The SMILES string of the molecule is COc1cc(N2C(=S)N[C@@H](c3ccccn3)[C@@H]2c2ccco2)ccc1NC(=O)C(C)(C)C. The third-order valence-electron chi connectivity index (χ3n) is 5.33. The number of rotatable bonds is 5. The number of carbonyl (C=O) groups excluding carboxylic acids is 1. The summed E-state index contributed by atoms with van der Waals surface area (Å²) in [6, 6.07) is 14.7. The highest BCUT2D eigenvalue weighted by Gasteiger charge is 2.42. The highest BCUT2D eigenvalue weighted by Crippen LogP contribution is 2.43. The molecule has 166 valence electrons. The molecule has 2 aromatic heterocycles. The van der Waals surface area contributed by atoms with E-state index in [1.165, 1.54) is 0 Å². The first-order valence-corrected chi connectivity index (χ1v) is 10.7. The molecule has 1 saturated heterocycles. The van der Waals surface area contributed by atoms with Crippen molar-refractivity contribution >= 4 is 34.6 Å². The van der Waals surface area contributed by atoms with Crippen molar-refractivity contribution in [3.8, 4) is 5.75 Å². The summed E-state index contributed by atoms with van der Waals surface area (Å²) < 4.78 is 11.4. The first kappa shape index (κ1) is 21.8. The topological polar surface area (TPSA) is 79.6 Å². The van der Waals surface area contributed by atoms with Crippen LogP contribution in [0.1, 0.15) is 44.3 Å². The van der Waals surface area contributed by atoms with Crippen LogP contribution >= 0.6 is 12.2 Å². The van der Waals surface area contributed by atoms with E-state index in [4.69, 9.17) is 21.4 Å². The Morgan fingerprint density at radius 3 is 2.66 bits per heavy atom. The number of carbonyl (C=O) groups is 1. The van der Waals surface area contributed by atoms with E-state index in [0.717, 1.165) is 17.1 Å². The van der Waals surface area contributed by atoms with Crippen molar-refractivity contribution in [1.29, 1.82) is 0 Å². The average molecular weight is 451 g/mol. The van der Waals surface area contributed by atoms with Crippen LogP contribution in [0.5, 0.6) is 5.75 Å². The fourth-order valence-corrected chi connectivity index (χ4v) is 3.97. The zero-order valence-electron chi connectivity index (χ0n) is 18.5. The molecule has 2 atom stereocenters. The van der Waals surface area contributed by atoms with Crippen LogP contribution in [0.4, 0.5) is 11.4 Å². The molecule has 3 aromatic rings. The lowest BCUT2D eigenvalue weighted by molar-refractivity contribution is -0.123. The minimum Gasteiger partial charge on any atom is -0.494 e. The van der Waals surface area contributed by atoms with Gasteiger partial charge in [-0.1, -0.05) is 26.8 Å². The number of nitrogens with one attached hydrogen (secondary N) is 2. The van der Waals surface area contributed by atoms with Gasteiger partial charge in [-0.2, -0.15) is 0 Å². The number of aromatic nitrogens is 1. The van der Waals surface area contributed by atoms with Gasteiger partial charge in [-0.3, -0.25) is 9.78 Å². The smallest absolute Gasteiger partial charge is 0.229 e. The summed E-state index contributed by atoms with van der Waals surface area (Å²) in [5.74, 6) is 1.21. The predicted molar refractivity (Wildman–Crippen MR) is 128 cm³/mol. The van der Waals surface area contributed by atoms with Crippen LogP contribution in [0.25, 0.3) is 0 Å². The number of anilines is 2. The van der Waals surface area contributed by atoms with Crippen molar-refractivity contribution in [3.63, 3.8) is 0 Å². The fourth-order valence-electron chi connectivity index (χ4n) is 3.62. The Morgan fingerprint density at radius 1 is 1.22 bits per heavy atom. The lowest BCUT2D eigenvalue weighted by Crippen LogP contribution is -2.29. The molecular formula is C24H26N4O3S. The molecule has 0 radical (unpaired) electrons. The summed E-state index contributed by atoms with van der Waals surface area (Å²) in [4.78, 5) is 19.0. The Hall–Kier alpha value is -3.39. The number of pyridine rings is 1. The van der Waals surface area contributed by atoms with Crippen LogP contribution in [0.2, 0.25) is 0 Å². The van der Waals surface area contributed by atoms with Gasteiger partial charge < -0.3 is 24.7 Å². The number of hydrogen-bond acceptors (Lipinski definition) is 5. The van der Waals surface area contributed by atoms with Gasteiger partial charge in [0, 0.05) is 23.4 Å². The number of methoxy groups -OCH3 is 1. The summed E-state index contributed by atoms with van der Waals surface area (Å²) in [6.07, 6.45) is 3.41. The number of ether oxygens (including phenoxy) is 1. The zero-order chi connectivity index (χ0) is 22.9. The van der Waals surface area contributed by atoms with Gasteiger partial charge in [0.2, 0.25) is 5.91 Å². The van der Waals surface area contributed by atoms with Crippen LogP contribution in [0.3, 0.4) is 0 Å². The molecule has 32 heavy (non-hydrogen) atoms. The quantitative estimate of drug-likeness (QED) is 0.538. The van der Waals surface area contributed by atoms with Crippen LogP contribution in [-0.2, 0) is 4.79 Å². The summed E-state index contributed by atoms with van der Waals surface area (Å²) in [6.45, 7) is 5.59. The largest absolute Gasteiger partial charge is 0.494 e. The lowest BCUT2D eigenvalue weighted by atomic mass is 9.95. The molecule has 1 aromatic carbocycles. The summed E-state index contributed by atoms with van der Waals surface area (Å²) in [5.41, 5.74) is 1.75. The molecule has 0 aliphatic carbocycles. The summed E-state index contributed by atoms with van der Waals surface area (Å²) in [5, 5.41) is 6.88. The Bertz CT molecular complexity index is 1110. The van der Waals surface area contributed by atoms with Gasteiger partial charge >= 0.3 is 0 Å². The molecule has 0 spiro atoms. The van der Waals surface area contributed by atoms with E-state index in [1.54, 1.807) is 19.6 Å². The molecule has 3 heterocycles. The molecule has 2 N–H and O–H groups in total. The minimum absolute atomic E-state index is 0.0920. The van der Waals surface area contributed by atoms with Gasteiger partial charge in [0.15, 0.2) is 5.11 Å². The summed E-state index contributed by atoms with van der Waals surface area (Å²) >= 11 is 5.72. The molecule has 0 unspecified atom stereocenters. The van der Waals surface area contributed by atoms with Crippen molar-refractivity contribution in [2.24, 2.45) is 5.41 Å². The van der Waals surface area contributed by atoms with E-state index in [9.17, 15) is 4.79 Å². The minimum atomic E-state index is -0.523. The Labute approximate surface area is 192 Å². The van der Waals surface area contributed by atoms with E-state index in [2.05, 4.69) is 15.6 Å². The second-order valence-corrected chi connectivity index (χ2v) is 8.99. The molecule has 1 amide bonds. The van der Waals surface area contributed by atoms with Crippen LogP contribution < -0.4 is 20.3 Å². The molecule has 1 aliphatic heterocycles. The molecular weight excluding hydrogens is 424 g/mol. The van der Waals surface area contributed by atoms with Crippen molar-refractivity contribution in [1.82, 2.24) is 10.3 Å². The number of hydrogen-bond donors (Lipinski definition) is 2. The molecule has 7 nitrogen and oxygen atoms in total. The third kappa shape index (κ3) is 4.18. The zero-order valence-corrected chi connectivity index (χ0v) is 19.3. The van der Waals surface area contributed by atoms with Gasteiger partial charge in [-0.05, 0) is 48.6 Å². The van der Waals surface area contributed by atoms with Crippen molar-refractivity contribution < 1.29 is 13.9 Å². The number of nitrogens with zero attached hydrogens (tertiary/aromatic N) is 2. The number of benzene rings is 1. The lowest BCUT2D eigenvalue weighted by Gasteiger charge is -2.27. The third-order valence-corrected chi connectivity index (χ3v) is 5.64. The van der Waals surface area contributed by atoms with E-state index in [0.29, 0.717) is 16.5 Å². The van der Waals surface area contributed by atoms with E-state index < -0.39 is 5.41 Å². The maximum absolute atomic E-state index is 12.5. The maximum atomic E-state index is 12.5. The number of amides is 1. The molecule has 0 bridgehead atoms. The van der Waals surface area contributed by atoms with E-state index in [1.807, 2.05) is 74.2 Å². The van der Waals surface area contributed by atoms with Gasteiger partial charge in [0.25, 0.3) is 0 Å². The molecule has 8 heteroatoms. The average Bonchev–Trinajstić information content (AvgIpc) is 3.41. The fraction of sp³-hybridized carbons (Fsp3) is 0.292. The molecule has 1 aliphatic rings. The van der Waals surface area contributed by atoms with Gasteiger partial charge in [-0.15, -0.1) is 0 Å². The van der Waals surface area contributed by atoms with Crippen LogP contribution in [0, 0.1) is 5.41 Å². The van der Waals surface area contributed by atoms with Gasteiger partial charge in [0.1, 0.15) is 17.6 Å². The number of thiocarbonyl (C=S) groups is 1. The van der Waals surface area contributed by atoms with Gasteiger partial charge in [-0.25, -0.2) is 0 Å². The van der Waals surface area contributed by atoms with Crippen molar-refractivity contribution in [2.45, 2.75) is 32.9 Å². The molecule has 4 rings (SSSR count). The molecule has 0 saturated carbocycles. The van der Waals surface area contributed by atoms with Crippen molar-refractivity contribution in [3.05, 3.63) is 72.4 Å². The second kappa shape index (κ2) is 8.63. The van der Waals surface area contributed by atoms with Crippen LogP contribution in [-0.4, -0.2) is 23.1 Å². The first-order chi connectivity index (χ1) is 15.3. The Balaban J connectivity index is 1.72. The van der Waals surface area contributed by atoms with Gasteiger partial charge in [0.05, 0.1) is 30.8 Å².